The third kappa shape index (κ3) is 7.87. The Morgan fingerprint density at radius 2 is 1.69 bits per heavy atom. The molecule has 0 spiro atoms. The standard InChI is InChI=1S/C27H26BrN3O4/c1-3-33-23-11-9-19(10-12-23)15-26(32)31-30-17-22-13-24(28)27(25(14-22)34-4-2)35-18-21-7-5-20(16-29)6-8-21/h5-14,17H,3-4,15,18H2,1-2H3,(H,31,32)/b30-17-. The molecular weight excluding hydrogens is 510 g/mol. The number of nitrogens with zero attached hydrogens (tertiary/aromatic N) is 2. The number of amides is 1. The molecule has 0 aliphatic carbocycles. The number of hydrazone groups is 1. The second-order valence-corrected chi connectivity index (χ2v) is 8.26. The van der Waals surface area contributed by atoms with Crippen LogP contribution in [0.1, 0.15) is 36.1 Å². The largest absolute Gasteiger partial charge is 0.494 e. The van der Waals surface area contributed by atoms with Crippen molar-refractivity contribution in [2.75, 3.05) is 13.2 Å². The second-order valence-electron chi connectivity index (χ2n) is 7.41. The second kappa shape index (κ2) is 13.2. The average molecular weight is 536 g/mol. The molecule has 180 valence electrons. The summed E-state index contributed by atoms with van der Waals surface area (Å²) >= 11 is 3.54. The Balaban J connectivity index is 1.62. The van der Waals surface area contributed by atoms with Crippen molar-refractivity contribution >= 4 is 28.1 Å². The van der Waals surface area contributed by atoms with E-state index in [1.165, 1.54) is 0 Å². The van der Waals surface area contributed by atoms with Gasteiger partial charge in [-0.25, -0.2) is 5.43 Å². The van der Waals surface area contributed by atoms with Crippen LogP contribution < -0.4 is 19.6 Å². The lowest BCUT2D eigenvalue weighted by atomic mass is 10.1. The number of carbonyl (C=O) groups excluding carboxylic acids is 1. The maximum absolute atomic E-state index is 12.2. The first-order chi connectivity index (χ1) is 17.0. The van der Waals surface area contributed by atoms with Crippen LogP contribution in [0.5, 0.6) is 17.2 Å². The third-order valence-electron chi connectivity index (χ3n) is 4.80. The summed E-state index contributed by atoms with van der Waals surface area (Å²) in [5.74, 6) is 1.66. The van der Waals surface area contributed by atoms with Gasteiger partial charge in [0.1, 0.15) is 12.4 Å². The van der Waals surface area contributed by atoms with Crippen LogP contribution in [0, 0.1) is 11.3 Å². The predicted octanol–water partition coefficient (Wildman–Crippen LogP) is 5.39. The van der Waals surface area contributed by atoms with Gasteiger partial charge in [-0.1, -0.05) is 24.3 Å². The Morgan fingerprint density at radius 1 is 1.00 bits per heavy atom. The summed E-state index contributed by atoms with van der Waals surface area (Å²) < 4.78 is 17.9. The number of hydrogen-bond acceptors (Lipinski definition) is 6. The van der Waals surface area contributed by atoms with E-state index >= 15 is 0 Å². The zero-order valence-corrected chi connectivity index (χ0v) is 21.2. The van der Waals surface area contributed by atoms with E-state index in [0.717, 1.165) is 22.4 Å². The Bertz CT molecular complexity index is 1200. The van der Waals surface area contributed by atoms with Crippen LogP contribution in [0.25, 0.3) is 0 Å². The van der Waals surface area contributed by atoms with E-state index in [0.29, 0.717) is 41.4 Å². The highest BCUT2D eigenvalue weighted by Crippen LogP contribution is 2.37. The van der Waals surface area contributed by atoms with Gasteiger partial charge in [0.15, 0.2) is 11.5 Å². The summed E-state index contributed by atoms with van der Waals surface area (Å²) in [6.07, 6.45) is 1.76. The molecule has 35 heavy (non-hydrogen) atoms. The lowest BCUT2D eigenvalue weighted by Gasteiger charge is -2.14. The molecule has 0 saturated heterocycles. The van der Waals surface area contributed by atoms with Gasteiger partial charge in [0.2, 0.25) is 5.91 Å². The molecule has 1 amide bonds. The number of nitriles is 1. The van der Waals surface area contributed by atoms with E-state index in [-0.39, 0.29) is 12.3 Å². The SMILES string of the molecule is CCOc1ccc(CC(=O)N/N=C\c2cc(Br)c(OCc3ccc(C#N)cc3)c(OCC)c2)cc1. The van der Waals surface area contributed by atoms with Crippen LogP contribution in [-0.2, 0) is 17.8 Å². The summed E-state index contributed by atoms with van der Waals surface area (Å²) in [7, 11) is 0. The fourth-order valence-corrected chi connectivity index (χ4v) is 3.74. The molecule has 1 N–H and O–H groups in total. The first-order valence-corrected chi connectivity index (χ1v) is 11.9. The van der Waals surface area contributed by atoms with Crippen molar-refractivity contribution < 1.29 is 19.0 Å². The zero-order valence-electron chi connectivity index (χ0n) is 19.6. The minimum absolute atomic E-state index is 0.208. The number of hydrogen-bond donors (Lipinski definition) is 1. The normalized spacial score (nSPS) is 10.6. The highest BCUT2D eigenvalue weighted by molar-refractivity contribution is 9.10. The van der Waals surface area contributed by atoms with E-state index in [1.54, 1.807) is 24.4 Å². The van der Waals surface area contributed by atoms with Gasteiger partial charge in [-0.2, -0.15) is 10.4 Å². The van der Waals surface area contributed by atoms with Crippen molar-refractivity contribution in [1.29, 1.82) is 5.26 Å². The maximum Gasteiger partial charge on any atom is 0.244 e. The van der Waals surface area contributed by atoms with Crippen molar-refractivity contribution in [2.45, 2.75) is 26.9 Å². The molecule has 3 rings (SSSR count). The van der Waals surface area contributed by atoms with Gasteiger partial charge >= 0.3 is 0 Å². The minimum Gasteiger partial charge on any atom is -0.494 e. The molecular formula is C27H26BrN3O4. The molecule has 0 fully saturated rings. The summed E-state index contributed by atoms with van der Waals surface area (Å²) in [6.45, 7) is 5.19. The van der Waals surface area contributed by atoms with Crippen molar-refractivity contribution in [1.82, 2.24) is 5.43 Å². The number of nitrogens with one attached hydrogen (secondary N) is 1. The van der Waals surface area contributed by atoms with Gasteiger partial charge in [-0.15, -0.1) is 0 Å². The fourth-order valence-electron chi connectivity index (χ4n) is 3.17. The molecule has 0 aromatic heterocycles. The van der Waals surface area contributed by atoms with Crippen molar-refractivity contribution in [3.63, 3.8) is 0 Å². The fraction of sp³-hybridized carbons (Fsp3) is 0.222. The summed E-state index contributed by atoms with van der Waals surface area (Å²) in [5.41, 5.74) is 5.67. The molecule has 8 heteroatoms. The molecule has 0 atom stereocenters. The highest BCUT2D eigenvalue weighted by atomic mass is 79.9. The first-order valence-electron chi connectivity index (χ1n) is 11.1. The topological polar surface area (TPSA) is 92.9 Å². The molecule has 0 aliphatic rings. The Hall–Kier alpha value is -3.83. The number of ether oxygens (including phenoxy) is 3. The summed E-state index contributed by atoms with van der Waals surface area (Å²) in [4.78, 5) is 12.2. The Morgan fingerprint density at radius 3 is 2.34 bits per heavy atom. The van der Waals surface area contributed by atoms with Gasteiger partial charge < -0.3 is 14.2 Å². The lowest BCUT2D eigenvalue weighted by Crippen LogP contribution is -2.19. The van der Waals surface area contributed by atoms with Crippen LogP contribution in [0.3, 0.4) is 0 Å². The van der Waals surface area contributed by atoms with Gasteiger partial charge in [0.05, 0.1) is 42.0 Å². The number of carbonyl (C=O) groups is 1. The Labute approximate surface area is 213 Å². The minimum atomic E-state index is -0.225. The van der Waals surface area contributed by atoms with Crippen molar-refractivity contribution in [3.05, 3.63) is 87.4 Å². The summed E-state index contributed by atoms with van der Waals surface area (Å²) in [5, 5.41) is 13.0. The van der Waals surface area contributed by atoms with Gasteiger partial charge in [-0.3, -0.25) is 4.79 Å². The molecule has 3 aromatic carbocycles. The molecule has 0 heterocycles. The van der Waals surface area contributed by atoms with E-state index < -0.39 is 0 Å². The smallest absolute Gasteiger partial charge is 0.244 e. The number of rotatable bonds is 11. The average Bonchev–Trinajstić information content (AvgIpc) is 2.85. The first kappa shape index (κ1) is 25.8. The predicted molar refractivity (Wildman–Crippen MR) is 138 cm³/mol. The highest BCUT2D eigenvalue weighted by Gasteiger charge is 2.12. The van der Waals surface area contributed by atoms with Crippen LogP contribution in [0.2, 0.25) is 0 Å². The molecule has 0 bridgehead atoms. The lowest BCUT2D eigenvalue weighted by molar-refractivity contribution is -0.120. The van der Waals surface area contributed by atoms with Crippen LogP contribution in [0.4, 0.5) is 0 Å². The monoisotopic (exact) mass is 535 g/mol. The van der Waals surface area contributed by atoms with E-state index in [4.69, 9.17) is 19.5 Å². The maximum atomic E-state index is 12.2. The third-order valence-corrected chi connectivity index (χ3v) is 5.39. The van der Waals surface area contributed by atoms with E-state index in [1.807, 2.05) is 56.3 Å². The quantitative estimate of drug-likeness (QED) is 0.262. The van der Waals surface area contributed by atoms with E-state index in [9.17, 15) is 4.79 Å². The van der Waals surface area contributed by atoms with Gasteiger partial charge in [0, 0.05) is 0 Å². The molecule has 0 unspecified atom stereocenters. The van der Waals surface area contributed by atoms with Crippen LogP contribution in [0.15, 0.2) is 70.2 Å². The molecule has 0 radical (unpaired) electrons. The molecule has 7 nitrogen and oxygen atoms in total. The van der Waals surface area contributed by atoms with Gasteiger partial charge in [0.25, 0.3) is 0 Å². The number of halogens is 1. The van der Waals surface area contributed by atoms with Crippen LogP contribution >= 0.6 is 15.9 Å². The number of benzene rings is 3. The summed E-state index contributed by atoms with van der Waals surface area (Å²) in [6, 6.07) is 20.3. The molecule has 0 aliphatic heterocycles. The van der Waals surface area contributed by atoms with E-state index in [2.05, 4.69) is 32.5 Å². The van der Waals surface area contributed by atoms with Gasteiger partial charge in [-0.05, 0) is 82.9 Å². The molecule has 3 aromatic rings. The Kier molecular flexibility index (Phi) is 9.69. The zero-order chi connectivity index (χ0) is 25.0. The van der Waals surface area contributed by atoms with Crippen molar-refractivity contribution in [2.24, 2.45) is 5.10 Å². The van der Waals surface area contributed by atoms with Crippen molar-refractivity contribution in [3.8, 4) is 23.3 Å². The van der Waals surface area contributed by atoms with Crippen LogP contribution in [-0.4, -0.2) is 25.3 Å². The molecule has 0 saturated carbocycles.